The summed E-state index contributed by atoms with van der Waals surface area (Å²) in [6.45, 7) is 1.13. The number of nitrogens with one attached hydrogen (secondary N) is 2. The maximum atomic E-state index is 12.3. The summed E-state index contributed by atoms with van der Waals surface area (Å²) in [5.74, 6) is -0.449. The molecule has 0 atom stereocenters. The lowest BCUT2D eigenvalue weighted by molar-refractivity contribution is -0.139. The number of carbonyl (C=O) groups excluding carboxylic acids is 2. The van der Waals surface area contributed by atoms with Crippen molar-refractivity contribution in [3.05, 3.63) is 48.3 Å². The normalized spacial score (nSPS) is 17.0. The van der Waals surface area contributed by atoms with E-state index in [4.69, 9.17) is 0 Å². The first-order valence-corrected chi connectivity index (χ1v) is 8.78. The van der Waals surface area contributed by atoms with Crippen LogP contribution >= 0.6 is 0 Å². The SMILES string of the molecule is COC(=O)CNC(=O)N1CCC2(CC1)Nc1ccccc1-n1cccc12. The highest BCUT2D eigenvalue weighted by Gasteiger charge is 2.42. The number of methoxy groups -OCH3 is 1. The van der Waals surface area contributed by atoms with Crippen LogP contribution in [-0.4, -0.2) is 48.2 Å². The van der Waals surface area contributed by atoms with Gasteiger partial charge in [-0.25, -0.2) is 4.79 Å². The zero-order valence-electron chi connectivity index (χ0n) is 14.7. The topological polar surface area (TPSA) is 75.6 Å². The Hall–Kier alpha value is -2.96. The molecule has 2 aromatic rings. The van der Waals surface area contributed by atoms with Crippen molar-refractivity contribution in [2.24, 2.45) is 0 Å². The van der Waals surface area contributed by atoms with Crippen LogP contribution in [0, 0.1) is 0 Å². The van der Waals surface area contributed by atoms with Gasteiger partial charge in [0.2, 0.25) is 0 Å². The van der Waals surface area contributed by atoms with Crippen LogP contribution in [0.15, 0.2) is 42.6 Å². The standard InChI is InChI=1S/C19H22N4O3/c1-26-17(24)13-20-18(25)22-11-8-19(9-12-22)16-7-4-10-23(16)15-6-3-2-5-14(15)21-19/h2-7,10,21H,8-9,11-13H2,1H3,(H,20,25). The van der Waals surface area contributed by atoms with Crippen LogP contribution in [0.4, 0.5) is 10.5 Å². The second-order valence-electron chi connectivity index (χ2n) is 6.71. The number of benzene rings is 1. The summed E-state index contributed by atoms with van der Waals surface area (Å²) in [6.07, 6.45) is 3.69. The molecule has 0 radical (unpaired) electrons. The van der Waals surface area contributed by atoms with Gasteiger partial charge in [-0.1, -0.05) is 12.1 Å². The first kappa shape index (κ1) is 16.5. The van der Waals surface area contributed by atoms with Gasteiger partial charge in [0.25, 0.3) is 0 Å². The van der Waals surface area contributed by atoms with Crippen molar-refractivity contribution in [2.45, 2.75) is 18.4 Å². The Kier molecular flexibility index (Phi) is 4.06. The lowest BCUT2D eigenvalue weighted by Crippen LogP contribution is -2.53. The number of amides is 2. The van der Waals surface area contributed by atoms with Crippen molar-refractivity contribution >= 4 is 17.7 Å². The van der Waals surface area contributed by atoms with Crippen LogP contribution in [-0.2, 0) is 15.1 Å². The summed E-state index contributed by atoms with van der Waals surface area (Å²) >= 11 is 0. The molecule has 2 amide bonds. The predicted molar refractivity (Wildman–Crippen MR) is 97.3 cm³/mol. The van der Waals surface area contributed by atoms with Gasteiger partial charge in [-0.05, 0) is 37.1 Å². The molecule has 0 unspecified atom stereocenters. The van der Waals surface area contributed by atoms with Crippen molar-refractivity contribution in [1.29, 1.82) is 0 Å². The highest BCUT2D eigenvalue weighted by atomic mass is 16.5. The van der Waals surface area contributed by atoms with Crippen molar-refractivity contribution in [2.75, 3.05) is 32.1 Å². The second kappa shape index (κ2) is 6.40. The molecule has 0 aliphatic carbocycles. The molecule has 7 heteroatoms. The number of piperidine rings is 1. The Morgan fingerprint density at radius 2 is 1.96 bits per heavy atom. The highest BCUT2D eigenvalue weighted by Crippen LogP contribution is 2.43. The molecule has 3 heterocycles. The summed E-state index contributed by atoms with van der Waals surface area (Å²) in [6, 6.07) is 12.3. The Morgan fingerprint density at radius 1 is 1.19 bits per heavy atom. The van der Waals surface area contributed by atoms with Gasteiger partial charge in [0.05, 0.1) is 24.0 Å². The second-order valence-corrected chi connectivity index (χ2v) is 6.71. The van der Waals surface area contributed by atoms with E-state index in [9.17, 15) is 9.59 Å². The maximum absolute atomic E-state index is 12.3. The lowest BCUT2D eigenvalue weighted by Gasteiger charge is -2.46. The Morgan fingerprint density at radius 3 is 2.73 bits per heavy atom. The molecule has 2 N–H and O–H groups in total. The fraction of sp³-hybridized carbons (Fsp3) is 0.368. The molecule has 26 heavy (non-hydrogen) atoms. The van der Waals surface area contributed by atoms with Crippen molar-refractivity contribution in [3.8, 4) is 5.69 Å². The monoisotopic (exact) mass is 354 g/mol. The van der Waals surface area contributed by atoms with Gasteiger partial charge < -0.3 is 24.8 Å². The first-order chi connectivity index (χ1) is 12.6. The van der Waals surface area contributed by atoms with E-state index >= 15 is 0 Å². The number of anilines is 1. The van der Waals surface area contributed by atoms with Gasteiger partial charge in [-0.2, -0.15) is 0 Å². The van der Waals surface area contributed by atoms with Crippen LogP contribution in [0.3, 0.4) is 0 Å². The zero-order valence-corrected chi connectivity index (χ0v) is 14.7. The van der Waals surface area contributed by atoms with Crippen LogP contribution < -0.4 is 10.6 Å². The number of likely N-dealkylation sites (tertiary alicyclic amines) is 1. The zero-order chi connectivity index (χ0) is 18.1. The van der Waals surface area contributed by atoms with Crippen molar-refractivity contribution in [1.82, 2.24) is 14.8 Å². The van der Waals surface area contributed by atoms with Gasteiger partial charge in [-0.15, -0.1) is 0 Å². The van der Waals surface area contributed by atoms with Crippen LogP contribution in [0.2, 0.25) is 0 Å². The highest BCUT2D eigenvalue weighted by molar-refractivity contribution is 5.81. The summed E-state index contributed by atoms with van der Waals surface area (Å²) in [5, 5.41) is 6.33. The molecule has 7 nitrogen and oxygen atoms in total. The van der Waals surface area contributed by atoms with Gasteiger partial charge in [-0.3, -0.25) is 4.79 Å². The van der Waals surface area contributed by atoms with E-state index in [2.05, 4.69) is 50.4 Å². The lowest BCUT2D eigenvalue weighted by atomic mass is 9.82. The number of aromatic nitrogens is 1. The fourth-order valence-corrected chi connectivity index (χ4v) is 3.90. The van der Waals surface area contributed by atoms with Crippen LogP contribution in [0.25, 0.3) is 5.69 Å². The molecular formula is C19H22N4O3. The molecule has 1 aromatic heterocycles. The van der Waals surface area contributed by atoms with Gasteiger partial charge >= 0.3 is 12.0 Å². The van der Waals surface area contributed by atoms with E-state index in [0.717, 1.165) is 24.2 Å². The van der Waals surface area contributed by atoms with E-state index in [1.165, 1.54) is 12.8 Å². The van der Waals surface area contributed by atoms with Crippen LogP contribution in [0.5, 0.6) is 0 Å². The number of hydrogen-bond donors (Lipinski definition) is 2. The largest absolute Gasteiger partial charge is 0.468 e. The third-order valence-electron chi connectivity index (χ3n) is 5.29. The molecule has 136 valence electrons. The first-order valence-electron chi connectivity index (χ1n) is 8.78. The van der Waals surface area contributed by atoms with Gasteiger partial charge in [0.15, 0.2) is 0 Å². The number of urea groups is 1. The Balaban J connectivity index is 1.49. The minimum absolute atomic E-state index is 0.106. The maximum Gasteiger partial charge on any atom is 0.325 e. The minimum atomic E-state index is -0.449. The molecule has 4 rings (SSSR count). The minimum Gasteiger partial charge on any atom is -0.468 e. The number of nitrogens with zero attached hydrogens (tertiary/aromatic N) is 2. The number of hydrogen-bond acceptors (Lipinski definition) is 4. The number of carbonyl (C=O) groups is 2. The van der Waals surface area contributed by atoms with E-state index in [1.54, 1.807) is 4.90 Å². The van der Waals surface area contributed by atoms with Crippen LogP contribution in [0.1, 0.15) is 18.5 Å². The summed E-state index contributed by atoms with van der Waals surface area (Å²) in [4.78, 5) is 25.2. The van der Waals surface area contributed by atoms with E-state index < -0.39 is 5.97 Å². The molecule has 0 bridgehead atoms. The summed E-state index contributed by atoms with van der Waals surface area (Å²) in [5.41, 5.74) is 3.30. The van der Waals surface area contributed by atoms with Crippen molar-refractivity contribution in [3.63, 3.8) is 0 Å². The average molecular weight is 354 g/mol. The smallest absolute Gasteiger partial charge is 0.325 e. The van der Waals surface area contributed by atoms with Gasteiger partial charge in [0.1, 0.15) is 6.54 Å². The van der Waals surface area contributed by atoms with Gasteiger partial charge in [0, 0.05) is 25.0 Å². The number of para-hydroxylation sites is 2. The third kappa shape index (κ3) is 2.69. The molecule has 1 fully saturated rings. The molecule has 1 spiro atoms. The van der Waals surface area contributed by atoms with E-state index in [0.29, 0.717) is 13.1 Å². The number of fused-ring (bicyclic) bond motifs is 4. The summed E-state index contributed by atoms with van der Waals surface area (Å²) < 4.78 is 6.79. The molecule has 2 aliphatic heterocycles. The molecule has 2 aliphatic rings. The number of rotatable bonds is 2. The average Bonchev–Trinajstić information content (AvgIpc) is 3.18. The molecular weight excluding hydrogens is 332 g/mol. The third-order valence-corrected chi connectivity index (χ3v) is 5.29. The summed E-state index contributed by atoms with van der Waals surface area (Å²) in [7, 11) is 1.31. The fourth-order valence-electron chi connectivity index (χ4n) is 3.90. The Bertz CT molecular complexity index is 837. The van der Waals surface area contributed by atoms with Crippen molar-refractivity contribution < 1.29 is 14.3 Å². The van der Waals surface area contributed by atoms with E-state index in [1.807, 2.05) is 12.1 Å². The quantitative estimate of drug-likeness (QED) is 0.810. The molecule has 1 aromatic carbocycles. The Labute approximate surface area is 151 Å². The number of ether oxygens (including phenoxy) is 1. The van der Waals surface area contributed by atoms with E-state index in [-0.39, 0.29) is 18.1 Å². The molecule has 1 saturated heterocycles. The molecule has 0 saturated carbocycles. The number of esters is 1. The predicted octanol–water partition coefficient (Wildman–Crippen LogP) is 2.08.